The standard InChI is InChI=1S/C7H14N2O4S/c1-4-13-7(10)6(5(2)9-3)14(8,11)12/h9H,4H2,1-3H3,(H2,8,11,12)/b6-5+. The number of primary sulfonamides is 1. The van der Waals surface area contributed by atoms with Crippen molar-refractivity contribution in [1.82, 2.24) is 5.32 Å². The van der Waals surface area contributed by atoms with Crippen molar-refractivity contribution in [2.75, 3.05) is 13.7 Å². The largest absolute Gasteiger partial charge is 0.462 e. The van der Waals surface area contributed by atoms with Crippen LogP contribution in [-0.4, -0.2) is 28.0 Å². The summed E-state index contributed by atoms with van der Waals surface area (Å²) in [6.07, 6.45) is 0. The fourth-order valence-corrected chi connectivity index (χ4v) is 1.61. The Labute approximate surface area is 83.2 Å². The van der Waals surface area contributed by atoms with E-state index in [1.54, 1.807) is 6.92 Å². The minimum absolute atomic E-state index is 0.0921. The lowest BCUT2D eigenvalue weighted by Crippen LogP contribution is -2.26. The van der Waals surface area contributed by atoms with E-state index < -0.39 is 20.9 Å². The highest BCUT2D eigenvalue weighted by Gasteiger charge is 2.25. The normalized spacial score (nSPS) is 13.1. The molecule has 0 fully saturated rings. The third kappa shape index (κ3) is 3.35. The van der Waals surface area contributed by atoms with Crippen molar-refractivity contribution in [1.29, 1.82) is 0 Å². The summed E-state index contributed by atoms with van der Waals surface area (Å²) in [6, 6.07) is 0. The Hall–Kier alpha value is -1.08. The van der Waals surface area contributed by atoms with Crippen molar-refractivity contribution in [3.63, 3.8) is 0 Å². The third-order valence-electron chi connectivity index (χ3n) is 1.46. The molecule has 0 aromatic rings. The molecule has 0 aliphatic rings. The van der Waals surface area contributed by atoms with Crippen LogP contribution in [-0.2, 0) is 19.6 Å². The molecule has 0 radical (unpaired) electrons. The monoisotopic (exact) mass is 222 g/mol. The maximum atomic E-state index is 11.2. The average Bonchev–Trinajstić information content (AvgIpc) is 2.02. The van der Waals surface area contributed by atoms with Gasteiger partial charge in [0.05, 0.1) is 6.61 Å². The lowest BCUT2D eigenvalue weighted by Gasteiger charge is -2.08. The smallest absolute Gasteiger partial charge is 0.352 e. The van der Waals surface area contributed by atoms with Gasteiger partial charge in [0.2, 0.25) is 10.0 Å². The van der Waals surface area contributed by atoms with E-state index in [1.807, 2.05) is 0 Å². The van der Waals surface area contributed by atoms with Crippen LogP contribution in [0.15, 0.2) is 10.6 Å². The minimum Gasteiger partial charge on any atom is -0.462 e. The van der Waals surface area contributed by atoms with Crippen LogP contribution in [0.25, 0.3) is 0 Å². The van der Waals surface area contributed by atoms with Crippen LogP contribution >= 0.6 is 0 Å². The molecule has 0 spiro atoms. The second-order valence-electron chi connectivity index (χ2n) is 2.47. The Morgan fingerprint density at radius 1 is 1.50 bits per heavy atom. The summed E-state index contributed by atoms with van der Waals surface area (Å²) in [5.74, 6) is -0.943. The first kappa shape index (κ1) is 12.9. The summed E-state index contributed by atoms with van der Waals surface area (Å²) in [4.78, 5) is 10.7. The molecule has 0 unspecified atom stereocenters. The van der Waals surface area contributed by atoms with E-state index in [1.165, 1.54) is 14.0 Å². The van der Waals surface area contributed by atoms with Crippen LogP contribution in [0.3, 0.4) is 0 Å². The minimum atomic E-state index is -4.06. The first-order valence-corrected chi connectivity index (χ1v) is 5.47. The van der Waals surface area contributed by atoms with Crippen LogP contribution in [0.1, 0.15) is 13.8 Å². The molecule has 0 aliphatic heterocycles. The molecule has 0 saturated heterocycles. The SMILES string of the molecule is CCOC(=O)/C(=C(/C)NC)S(N)(=O)=O. The van der Waals surface area contributed by atoms with Gasteiger partial charge in [0.25, 0.3) is 0 Å². The second kappa shape index (κ2) is 4.97. The van der Waals surface area contributed by atoms with Gasteiger partial charge in [0.15, 0.2) is 4.91 Å². The molecule has 3 N–H and O–H groups in total. The number of carbonyl (C=O) groups is 1. The highest BCUT2D eigenvalue weighted by atomic mass is 32.2. The average molecular weight is 222 g/mol. The number of hydrogen-bond acceptors (Lipinski definition) is 5. The first-order chi connectivity index (χ1) is 6.34. The fraction of sp³-hybridized carbons (Fsp3) is 0.571. The van der Waals surface area contributed by atoms with E-state index in [2.05, 4.69) is 10.1 Å². The van der Waals surface area contributed by atoms with Crippen molar-refractivity contribution in [2.24, 2.45) is 5.14 Å². The van der Waals surface area contributed by atoms with Gasteiger partial charge in [-0.05, 0) is 13.8 Å². The lowest BCUT2D eigenvalue weighted by atomic mass is 10.4. The number of ether oxygens (including phenoxy) is 1. The van der Waals surface area contributed by atoms with Gasteiger partial charge in [-0.2, -0.15) is 0 Å². The number of nitrogens with two attached hydrogens (primary N) is 1. The maximum Gasteiger partial charge on any atom is 0.352 e. The zero-order valence-corrected chi connectivity index (χ0v) is 9.14. The van der Waals surface area contributed by atoms with E-state index in [-0.39, 0.29) is 12.3 Å². The van der Waals surface area contributed by atoms with Crippen LogP contribution in [0.2, 0.25) is 0 Å². The van der Waals surface area contributed by atoms with Crippen LogP contribution in [0, 0.1) is 0 Å². The summed E-state index contributed by atoms with van der Waals surface area (Å²) in [5.41, 5.74) is 0.158. The summed E-state index contributed by atoms with van der Waals surface area (Å²) < 4.78 is 26.6. The molecule has 14 heavy (non-hydrogen) atoms. The van der Waals surface area contributed by atoms with E-state index >= 15 is 0 Å². The number of rotatable bonds is 4. The van der Waals surface area contributed by atoms with Gasteiger partial charge in [-0.15, -0.1) is 0 Å². The van der Waals surface area contributed by atoms with Crippen molar-refractivity contribution in [3.05, 3.63) is 10.6 Å². The predicted octanol–water partition coefficient (Wildman–Crippen LogP) is -0.711. The first-order valence-electron chi connectivity index (χ1n) is 3.93. The topological polar surface area (TPSA) is 98.5 Å². The van der Waals surface area contributed by atoms with E-state index in [0.717, 1.165) is 0 Å². The molecule has 82 valence electrons. The molecule has 0 aliphatic carbocycles. The Bertz CT molecular complexity index is 345. The Morgan fingerprint density at radius 2 is 2.00 bits per heavy atom. The van der Waals surface area contributed by atoms with Crippen molar-refractivity contribution in [3.8, 4) is 0 Å². The quantitative estimate of drug-likeness (QED) is 0.483. The Morgan fingerprint density at radius 3 is 2.29 bits per heavy atom. The Balaban J connectivity index is 5.26. The van der Waals surface area contributed by atoms with E-state index in [4.69, 9.17) is 5.14 Å². The van der Waals surface area contributed by atoms with Gasteiger partial charge in [0.1, 0.15) is 0 Å². The van der Waals surface area contributed by atoms with Crippen LogP contribution in [0.4, 0.5) is 0 Å². The Kier molecular flexibility index (Phi) is 4.58. The molecule has 0 aromatic heterocycles. The molecule has 0 bridgehead atoms. The molecule has 0 aromatic carbocycles. The number of carbonyl (C=O) groups excluding carboxylic acids is 1. The highest BCUT2D eigenvalue weighted by Crippen LogP contribution is 2.08. The molecule has 0 saturated carbocycles. The number of hydrogen-bond donors (Lipinski definition) is 2. The zero-order valence-electron chi connectivity index (χ0n) is 8.33. The lowest BCUT2D eigenvalue weighted by molar-refractivity contribution is -0.137. The van der Waals surface area contributed by atoms with Gasteiger partial charge in [-0.3, -0.25) is 0 Å². The van der Waals surface area contributed by atoms with E-state index in [9.17, 15) is 13.2 Å². The van der Waals surface area contributed by atoms with Crippen molar-refractivity contribution < 1.29 is 17.9 Å². The third-order valence-corrected chi connectivity index (χ3v) is 2.50. The maximum absolute atomic E-state index is 11.2. The molecule has 7 heteroatoms. The highest BCUT2D eigenvalue weighted by molar-refractivity contribution is 7.94. The van der Waals surface area contributed by atoms with Gasteiger partial charge in [0, 0.05) is 12.7 Å². The molecular formula is C7H14N2O4S. The van der Waals surface area contributed by atoms with Crippen molar-refractivity contribution >= 4 is 16.0 Å². The number of esters is 1. The predicted molar refractivity (Wildman–Crippen MR) is 51.5 cm³/mol. The van der Waals surface area contributed by atoms with Gasteiger partial charge in [-0.25, -0.2) is 18.4 Å². The van der Waals surface area contributed by atoms with Crippen LogP contribution in [0.5, 0.6) is 0 Å². The summed E-state index contributed by atoms with van der Waals surface area (Å²) in [5, 5.41) is 7.39. The van der Waals surface area contributed by atoms with Crippen LogP contribution < -0.4 is 10.5 Å². The van der Waals surface area contributed by atoms with Crippen molar-refractivity contribution in [2.45, 2.75) is 13.8 Å². The number of allylic oxidation sites excluding steroid dienone is 1. The summed E-state index contributed by atoms with van der Waals surface area (Å²) >= 11 is 0. The fourth-order valence-electron chi connectivity index (χ4n) is 0.793. The van der Waals surface area contributed by atoms with Gasteiger partial charge < -0.3 is 10.1 Å². The molecule has 0 amide bonds. The molecule has 0 rings (SSSR count). The molecule has 0 atom stereocenters. The summed E-state index contributed by atoms with van der Waals surface area (Å²) in [7, 11) is -2.57. The van der Waals surface area contributed by atoms with E-state index in [0.29, 0.717) is 0 Å². The van der Waals surface area contributed by atoms with Gasteiger partial charge in [-0.1, -0.05) is 0 Å². The number of nitrogens with one attached hydrogen (secondary N) is 1. The second-order valence-corrected chi connectivity index (χ2v) is 3.97. The number of sulfonamides is 1. The molecular weight excluding hydrogens is 208 g/mol. The zero-order chi connectivity index (χ0) is 11.4. The van der Waals surface area contributed by atoms with Gasteiger partial charge >= 0.3 is 5.97 Å². The molecule has 6 nitrogen and oxygen atoms in total. The summed E-state index contributed by atoms with van der Waals surface area (Å²) in [6.45, 7) is 3.10. The molecule has 0 heterocycles.